The fraction of sp³-hybridized carbons (Fsp3) is 0.384. The first-order chi connectivity index (χ1) is 52.3. The van der Waals surface area contributed by atoms with E-state index in [1.165, 1.54) is 122 Å². The lowest BCUT2D eigenvalue weighted by Crippen LogP contribution is -2.48. The first kappa shape index (κ1) is 74.7. The molecule has 9 aromatic rings. The Bertz CT molecular complexity index is 4340. The van der Waals surface area contributed by atoms with Crippen LogP contribution in [0.5, 0.6) is 0 Å². The maximum Gasteiger partial charge on any atom is 0.227 e. The maximum atomic E-state index is 11.2. The third-order valence-electron chi connectivity index (χ3n) is 21.3. The van der Waals surface area contributed by atoms with Crippen molar-refractivity contribution in [3.63, 3.8) is 0 Å². The smallest absolute Gasteiger partial charge is 0.227 e. The molecule has 3 aliphatic heterocycles. The summed E-state index contributed by atoms with van der Waals surface area (Å²) in [5, 5.41) is 18.3. The Labute approximate surface area is 631 Å². The molecule has 556 valence electrons. The van der Waals surface area contributed by atoms with E-state index in [1.807, 2.05) is 91.0 Å². The maximum absolute atomic E-state index is 11.2. The number of aromatic nitrogens is 6. The summed E-state index contributed by atoms with van der Waals surface area (Å²) in [5.41, 5.74) is 14.3. The van der Waals surface area contributed by atoms with Gasteiger partial charge in [-0.1, -0.05) is 87.6 Å². The van der Waals surface area contributed by atoms with E-state index >= 15 is 0 Å². The van der Waals surface area contributed by atoms with Crippen molar-refractivity contribution in [2.24, 2.45) is 23.7 Å². The number of hydrogen-bond donors (Lipinski definition) is 6. The standard InChI is InChI=1S/C30H34N6O.C29H36N6O.C27H34N6O/c1-21(37)32-26-6-4-23(5-7-26)29-12-13-31-30(34-29)33-27-8-10-28(11-9-27)36-16-14-35(15-17-36)20-25-19-22-2-3-24(25)18-22;1-22(36)31-25-9-7-24(8-10-25)28-15-16-30-29(33-28)32-26-11-13-27(14-12-26)35-19-17-34(18-20-35)21-23-5-3-2-4-6-23;1-3-4-5-16-32-17-19-33(20-18-32)25-12-10-24(11-13-25)30-27-28-15-14-26(31-27)22-6-8-23(9-7-22)29-21(2)34/h2-13,22,24-25H,14-20H2,1H3,(H,32,37)(H,31,33,34);7-16,23H,2-6,17-21H2,1H3,(H,31,36)(H,30,32,33);6-15H,3-5,16-20H2,1-2H3,(H,29,34)(H,28,30,31)/t22-,24+,25?;;/m0../s1. The number of piperazine rings is 3. The van der Waals surface area contributed by atoms with Crippen molar-refractivity contribution in [1.29, 1.82) is 0 Å². The van der Waals surface area contributed by atoms with Gasteiger partial charge in [0.05, 0.1) is 17.1 Å². The van der Waals surface area contributed by atoms with Gasteiger partial charge >= 0.3 is 0 Å². The number of nitrogens with one attached hydrogen (secondary N) is 6. The van der Waals surface area contributed by atoms with Crippen molar-refractivity contribution in [2.45, 2.75) is 91.9 Å². The largest absolute Gasteiger partial charge is 0.369 e. The monoisotopic (exact) mass is 1440 g/mol. The number of hydrogen-bond acceptors (Lipinski definition) is 18. The summed E-state index contributed by atoms with van der Waals surface area (Å²) >= 11 is 0. The Morgan fingerprint density at radius 3 is 1.07 bits per heavy atom. The van der Waals surface area contributed by atoms with Crippen LogP contribution in [0, 0.1) is 23.7 Å². The molecule has 3 atom stereocenters. The van der Waals surface area contributed by atoms with Gasteiger partial charge in [0.25, 0.3) is 0 Å². The molecule has 6 heterocycles. The summed E-state index contributed by atoms with van der Waals surface area (Å²) in [6, 6.07) is 54.2. The van der Waals surface area contributed by atoms with Gasteiger partial charge in [0.15, 0.2) is 0 Å². The molecular formula is C86H104N18O3. The van der Waals surface area contributed by atoms with E-state index < -0.39 is 0 Å². The number of carbonyl (C=O) groups is 3. The predicted octanol–water partition coefficient (Wildman–Crippen LogP) is 15.9. The van der Waals surface area contributed by atoms with Crippen molar-refractivity contribution in [2.75, 3.05) is 145 Å². The second kappa shape index (κ2) is 37.1. The van der Waals surface area contributed by atoms with E-state index in [2.05, 4.69) is 183 Å². The highest BCUT2D eigenvalue weighted by atomic mass is 16.2. The molecule has 5 fully saturated rings. The zero-order chi connectivity index (χ0) is 73.7. The van der Waals surface area contributed by atoms with E-state index in [4.69, 9.17) is 0 Å². The van der Waals surface area contributed by atoms with Crippen molar-refractivity contribution >= 4 is 86.8 Å². The topological polar surface area (TPSA) is 220 Å². The number of fused-ring (bicyclic) bond motifs is 2. The van der Waals surface area contributed by atoms with Crippen LogP contribution in [-0.2, 0) is 14.4 Å². The summed E-state index contributed by atoms with van der Waals surface area (Å²) < 4.78 is 0. The Morgan fingerprint density at radius 1 is 0.383 bits per heavy atom. The molecule has 0 spiro atoms. The number of rotatable bonds is 23. The first-order valence-corrected chi connectivity index (χ1v) is 38.7. The van der Waals surface area contributed by atoms with Crippen LogP contribution < -0.4 is 46.6 Å². The molecule has 2 bridgehead atoms. The Morgan fingerprint density at radius 2 is 0.738 bits per heavy atom. The lowest BCUT2D eigenvalue weighted by Gasteiger charge is -2.38. The summed E-state index contributed by atoms with van der Waals surface area (Å²) in [5.74, 6) is 4.89. The van der Waals surface area contributed by atoms with Gasteiger partial charge in [0.2, 0.25) is 35.6 Å². The third-order valence-corrected chi connectivity index (χ3v) is 21.3. The molecule has 3 saturated heterocycles. The van der Waals surface area contributed by atoms with Gasteiger partial charge in [-0.25, -0.2) is 29.9 Å². The predicted molar refractivity (Wildman–Crippen MR) is 435 cm³/mol. The molecule has 3 aromatic heterocycles. The molecule has 6 aromatic carbocycles. The zero-order valence-electron chi connectivity index (χ0n) is 62.6. The van der Waals surface area contributed by atoms with Crippen molar-refractivity contribution in [1.82, 2.24) is 44.6 Å². The van der Waals surface area contributed by atoms with Crippen molar-refractivity contribution in [3.05, 3.63) is 195 Å². The van der Waals surface area contributed by atoms with Gasteiger partial charge in [-0.2, -0.15) is 0 Å². The molecule has 21 nitrogen and oxygen atoms in total. The number of amides is 3. The molecule has 2 saturated carbocycles. The fourth-order valence-corrected chi connectivity index (χ4v) is 15.5. The Kier molecular flexibility index (Phi) is 25.9. The number of anilines is 12. The van der Waals surface area contributed by atoms with Gasteiger partial charge in [-0.15, -0.1) is 0 Å². The van der Waals surface area contributed by atoms with E-state index in [1.54, 1.807) is 18.6 Å². The number of carbonyl (C=O) groups excluding carboxylic acids is 3. The average molecular weight is 1440 g/mol. The van der Waals surface area contributed by atoms with Gasteiger partial charge in [-0.05, 0) is 190 Å². The minimum atomic E-state index is -0.0861. The van der Waals surface area contributed by atoms with Crippen molar-refractivity contribution < 1.29 is 14.4 Å². The van der Waals surface area contributed by atoms with E-state index in [0.717, 1.165) is 170 Å². The highest BCUT2D eigenvalue weighted by Crippen LogP contribution is 2.44. The van der Waals surface area contributed by atoms with Gasteiger partial charge in [-0.3, -0.25) is 29.1 Å². The van der Waals surface area contributed by atoms with Crippen LogP contribution in [0.15, 0.2) is 195 Å². The van der Waals surface area contributed by atoms with Gasteiger partial charge in [0.1, 0.15) is 0 Å². The van der Waals surface area contributed by atoms with Crippen molar-refractivity contribution in [3.8, 4) is 33.8 Å². The van der Waals surface area contributed by atoms with Crippen LogP contribution in [0.25, 0.3) is 33.8 Å². The van der Waals surface area contributed by atoms with Crippen LogP contribution >= 0.6 is 0 Å². The fourth-order valence-electron chi connectivity index (χ4n) is 15.5. The molecular weight excluding hydrogens is 1330 g/mol. The van der Waals surface area contributed by atoms with Crippen LogP contribution in [0.1, 0.15) is 91.9 Å². The molecule has 3 amide bonds. The molecule has 21 heteroatoms. The Balaban J connectivity index is 0.000000142. The Hall–Kier alpha value is -10.6. The highest BCUT2D eigenvalue weighted by molar-refractivity contribution is 5.90. The summed E-state index contributed by atoms with van der Waals surface area (Å²) in [7, 11) is 0. The molecule has 15 rings (SSSR count). The van der Waals surface area contributed by atoms with E-state index in [9.17, 15) is 14.4 Å². The quantitative estimate of drug-likeness (QED) is 0.0259. The van der Waals surface area contributed by atoms with Crippen LogP contribution in [0.3, 0.4) is 0 Å². The summed E-state index contributed by atoms with van der Waals surface area (Å²) in [6.07, 6.45) is 24.0. The molecule has 107 heavy (non-hydrogen) atoms. The van der Waals surface area contributed by atoms with Crippen LogP contribution in [0.2, 0.25) is 0 Å². The minimum absolute atomic E-state index is 0.0841. The third kappa shape index (κ3) is 21.8. The number of nitrogens with zero attached hydrogens (tertiary/aromatic N) is 12. The van der Waals surface area contributed by atoms with Gasteiger partial charge in [0, 0.05) is 199 Å². The van der Waals surface area contributed by atoms with Gasteiger partial charge < -0.3 is 46.6 Å². The molecule has 1 unspecified atom stereocenters. The second-order valence-corrected chi connectivity index (χ2v) is 29.2. The molecule has 6 aliphatic rings. The van der Waals surface area contributed by atoms with Crippen LogP contribution in [-0.4, -0.2) is 160 Å². The SMILES string of the molecule is CC(=O)Nc1ccc(-c2ccnc(Nc3ccc(N4CCN(CC5CCCCC5)CC4)cc3)n2)cc1.CC(=O)Nc1ccc(-c2ccnc(Nc3ccc(N4CCN(CC5C[C@H]6C=C[C@@H]5C6)CC4)cc3)n2)cc1.CCCCCN1CCN(c2ccc(Nc3nccc(-c4ccc(NC(C)=O)cc4)n3)cc2)CC1. The normalized spacial score (nSPS) is 18.1. The minimum Gasteiger partial charge on any atom is -0.369 e. The van der Waals surface area contributed by atoms with E-state index in [0.29, 0.717) is 17.8 Å². The highest BCUT2D eigenvalue weighted by Gasteiger charge is 2.37. The summed E-state index contributed by atoms with van der Waals surface area (Å²) in [4.78, 5) is 76.2. The second-order valence-electron chi connectivity index (χ2n) is 29.2. The molecule has 6 N–H and O–H groups in total. The first-order valence-electron chi connectivity index (χ1n) is 38.7. The molecule has 0 radical (unpaired) electrons. The lowest BCUT2D eigenvalue weighted by atomic mass is 9.89. The number of unbranched alkanes of at least 4 members (excludes halogenated alkanes) is 2. The summed E-state index contributed by atoms with van der Waals surface area (Å²) in [6.45, 7) is 23.9. The lowest BCUT2D eigenvalue weighted by molar-refractivity contribution is -0.115. The number of benzene rings is 6. The van der Waals surface area contributed by atoms with Crippen LogP contribution in [0.4, 0.5) is 69.0 Å². The zero-order valence-corrected chi connectivity index (χ0v) is 62.6. The average Bonchev–Trinajstić information content (AvgIpc) is 1.73. The number of allylic oxidation sites excluding steroid dienone is 2. The molecule has 3 aliphatic carbocycles. The van der Waals surface area contributed by atoms with E-state index in [-0.39, 0.29) is 17.7 Å².